The van der Waals surface area contributed by atoms with Crippen LogP contribution in [0.3, 0.4) is 0 Å². The molecule has 1 aromatic carbocycles. The maximum atomic E-state index is 12.2. The number of aliphatic hydroxyl groups excluding tert-OH is 1. The van der Waals surface area contributed by atoms with Crippen molar-refractivity contribution in [1.29, 1.82) is 0 Å². The molecule has 1 amide bonds. The third-order valence-corrected chi connectivity index (χ3v) is 3.84. The Morgan fingerprint density at radius 1 is 1.33 bits per heavy atom. The van der Waals surface area contributed by atoms with E-state index < -0.39 is 6.10 Å². The van der Waals surface area contributed by atoms with E-state index >= 15 is 0 Å². The zero-order valence-electron chi connectivity index (χ0n) is 12.6. The van der Waals surface area contributed by atoms with E-state index in [1.54, 1.807) is 26.4 Å². The van der Waals surface area contributed by atoms with E-state index in [1.807, 2.05) is 6.92 Å². The Kier molecular flexibility index (Phi) is 5.03. The van der Waals surface area contributed by atoms with Gasteiger partial charge in [0.1, 0.15) is 11.5 Å². The maximum absolute atomic E-state index is 12.2. The Hall–Kier alpha value is -1.79. The molecule has 0 aliphatic carbocycles. The predicted molar refractivity (Wildman–Crippen MR) is 79.0 cm³/mol. The topological polar surface area (TPSA) is 79.8 Å². The lowest BCUT2D eigenvalue weighted by Crippen LogP contribution is -2.34. The van der Waals surface area contributed by atoms with Gasteiger partial charge in [-0.25, -0.2) is 0 Å². The van der Waals surface area contributed by atoms with Gasteiger partial charge in [0.05, 0.1) is 20.3 Å². The quantitative estimate of drug-likeness (QED) is 0.729. The number of rotatable bonds is 5. The third kappa shape index (κ3) is 3.46. The van der Waals surface area contributed by atoms with Crippen molar-refractivity contribution in [3.05, 3.63) is 23.3 Å². The highest BCUT2D eigenvalue weighted by atomic mass is 16.5. The Bertz CT molecular complexity index is 493. The van der Waals surface area contributed by atoms with Crippen molar-refractivity contribution in [3.63, 3.8) is 0 Å². The minimum absolute atomic E-state index is 0.0446. The zero-order valence-corrected chi connectivity index (χ0v) is 12.6. The van der Waals surface area contributed by atoms with Crippen LogP contribution in [0.25, 0.3) is 0 Å². The molecule has 1 aromatic rings. The standard InChI is InChI=1S/C15H22N2O4/c1-9-13(20-2)4-10(5-14(9)21-3)15(19)17-7-11-6-16-8-12(11)18/h4-5,11-12,16,18H,6-8H2,1-3H3,(H,17,19). The van der Waals surface area contributed by atoms with Crippen molar-refractivity contribution in [2.45, 2.75) is 13.0 Å². The fraction of sp³-hybridized carbons (Fsp3) is 0.533. The lowest BCUT2D eigenvalue weighted by Gasteiger charge is -2.15. The van der Waals surface area contributed by atoms with Gasteiger partial charge in [-0.05, 0) is 19.1 Å². The second-order valence-electron chi connectivity index (χ2n) is 5.20. The Labute approximate surface area is 124 Å². The van der Waals surface area contributed by atoms with E-state index in [2.05, 4.69) is 10.6 Å². The van der Waals surface area contributed by atoms with Crippen LogP contribution in [0.4, 0.5) is 0 Å². The lowest BCUT2D eigenvalue weighted by molar-refractivity contribution is 0.0926. The molecule has 116 valence electrons. The molecule has 3 N–H and O–H groups in total. The first-order valence-electron chi connectivity index (χ1n) is 6.96. The summed E-state index contributed by atoms with van der Waals surface area (Å²) in [5.74, 6) is 1.07. The monoisotopic (exact) mass is 294 g/mol. The van der Waals surface area contributed by atoms with E-state index in [0.717, 1.165) is 5.56 Å². The molecule has 6 nitrogen and oxygen atoms in total. The van der Waals surface area contributed by atoms with Crippen molar-refractivity contribution in [3.8, 4) is 11.5 Å². The van der Waals surface area contributed by atoms with Crippen LogP contribution in [0.2, 0.25) is 0 Å². The second-order valence-corrected chi connectivity index (χ2v) is 5.20. The summed E-state index contributed by atoms with van der Waals surface area (Å²) in [4.78, 5) is 12.2. The summed E-state index contributed by atoms with van der Waals surface area (Å²) in [5, 5.41) is 15.7. The number of amides is 1. The van der Waals surface area contributed by atoms with Gasteiger partial charge in [-0.1, -0.05) is 0 Å². The van der Waals surface area contributed by atoms with E-state index in [1.165, 1.54) is 0 Å². The molecule has 0 spiro atoms. The van der Waals surface area contributed by atoms with Crippen LogP contribution in [0.5, 0.6) is 11.5 Å². The van der Waals surface area contributed by atoms with Crippen LogP contribution >= 0.6 is 0 Å². The van der Waals surface area contributed by atoms with Gasteiger partial charge >= 0.3 is 0 Å². The lowest BCUT2D eigenvalue weighted by atomic mass is 10.1. The Balaban J connectivity index is 2.08. The number of ether oxygens (including phenoxy) is 2. The molecule has 0 saturated carbocycles. The third-order valence-electron chi connectivity index (χ3n) is 3.84. The van der Waals surface area contributed by atoms with Crippen LogP contribution in [0.1, 0.15) is 15.9 Å². The molecule has 1 heterocycles. The van der Waals surface area contributed by atoms with Gasteiger partial charge in [-0.2, -0.15) is 0 Å². The van der Waals surface area contributed by atoms with Crippen molar-refractivity contribution >= 4 is 5.91 Å². The van der Waals surface area contributed by atoms with Crippen molar-refractivity contribution in [2.24, 2.45) is 5.92 Å². The van der Waals surface area contributed by atoms with Gasteiger partial charge in [0.2, 0.25) is 0 Å². The summed E-state index contributed by atoms with van der Waals surface area (Å²) in [6, 6.07) is 3.38. The summed E-state index contributed by atoms with van der Waals surface area (Å²) in [6.45, 7) is 3.60. The molecule has 2 atom stereocenters. The molecular formula is C15H22N2O4. The van der Waals surface area contributed by atoms with Crippen LogP contribution in [0, 0.1) is 12.8 Å². The molecule has 2 rings (SSSR count). The van der Waals surface area contributed by atoms with Crippen LogP contribution in [0.15, 0.2) is 12.1 Å². The molecule has 0 aromatic heterocycles. The van der Waals surface area contributed by atoms with Crippen LogP contribution in [-0.4, -0.2) is 51.0 Å². The average Bonchev–Trinajstić information content (AvgIpc) is 2.90. The highest BCUT2D eigenvalue weighted by Gasteiger charge is 2.25. The molecule has 1 aliphatic rings. The van der Waals surface area contributed by atoms with Crippen LogP contribution < -0.4 is 20.1 Å². The molecule has 0 bridgehead atoms. The molecule has 21 heavy (non-hydrogen) atoms. The molecule has 1 saturated heterocycles. The summed E-state index contributed by atoms with van der Waals surface area (Å²) in [6.07, 6.45) is -0.410. The number of nitrogens with one attached hydrogen (secondary N) is 2. The molecule has 0 radical (unpaired) electrons. The van der Waals surface area contributed by atoms with E-state index in [-0.39, 0.29) is 11.8 Å². The predicted octanol–water partition coefficient (Wildman–Crippen LogP) is 0.322. The highest BCUT2D eigenvalue weighted by molar-refractivity contribution is 5.95. The van der Waals surface area contributed by atoms with Gasteiger partial charge in [-0.3, -0.25) is 4.79 Å². The number of methoxy groups -OCH3 is 2. The number of hydrogen-bond donors (Lipinski definition) is 3. The number of carbonyl (C=O) groups excluding carboxylic acids is 1. The van der Waals surface area contributed by atoms with Crippen molar-refractivity contribution in [2.75, 3.05) is 33.9 Å². The smallest absolute Gasteiger partial charge is 0.251 e. The normalized spacial score (nSPS) is 21.1. The van der Waals surface area contributed by atoms with Crippen molar-refractivity contribution < 1.29 is 19.4 Å². The van der Waals surface area contributed by atoms with Gasteiger partial charge in [0.15, 0.2) is 0 Å². The number of aliphatic hydroxyl groups is 1. The SMILES string of the molecule is COc1cc(C(=O)NCC2CNCC2O)cc(OC)c1C. The fourth-order valence-corrected chi connectivity index (χ4v) is 2.47. The average molecular weight is 294 g/mol. The van der Waals surface area contributed by atoms with E-state index in [4.69, 9.17) is 9.47 Å². The van der Waals surface area contributed by atoms with E-state index in [9.17, 15) is 9.90 Å². The van der Waals surface area contributed by atoms with Gasteiger partial charge < -0.3 is 25.2 Å². The van der Waals surface area contributed by atoms with Gasteiger partial charge in [-0.15, -0.1) is 0 Å². The molecule has 1 aliphatic heterocycles. The summed E-state index contributed by atoms with van der Waals surface area (Å²) >= 11 is 0. The van der Waals surface area contributed by atoms with Gasteiger partial charge in [0.25, 0.3) is 5.91 Å². The van der Waals surface area contributed by atoms with Gasteiger partial charge in [0, 0.05) is 36.7 Å². The maximum Gasteiger partial charge on any atom is 0.251 e. The fourth-order valence-electron chi connectivity index (χ4n) is 2.47. The van der Waals surface area contributed by atoms with Crippen molar-refractivity contribution in [1.82, 2.24) is 10.6 Å². The first-order valence-corrected chi connectivity index (χ1v) is 6.96. The summed E-state index contributed by atoms with van der Waals surface area (Å²) in [5.41, 5.74) is 1.33. The minimum atomic E-state index is -0.410. The number of carbonyl (C=O) groups is 1. The summed E-state index contributed by atoms with van der Waals surface area (Å²) in [7, 11) is 3.12. The first kappa shape index (κ1) is 15.6. The van der Waals surface area contributed by atoms with E-state index in [0.29, 0.717) is 36.7 Å². The number of hydrogen-bond acceptors (Lipinski definition) is 5. The molecular weight excluding hydrogens is 272 g/mol. The largest absolute Gasteiger partial charge is 0.496 e. The first-order chi connectivity index (χ1) is 10.1. The molecule has 2 unspecified atom stereocenters. The second kappa shape index (κ2) is 6.78. The number of benzene rings is 1. The zero-order chi connectivity index (χ0) is 15.4. The molecule has 6 heteroatoms. The molecule has 1 fully saturated rings. The number of β-amino-alcohol motifs (C(OH)–C–C–N with tert-alkyl or cyclic N) is 1. The Morgan fingerprint density at radius 3 is 2.43 bits per heavy atom. The summed E-state index contributed by atoms with van der Waals surface area (Å²) < 4.78 is 10.5. The highest BCUT2D eigenvalue weighted by Crippen LogP contribution is 2.29. The minimum Gasteiger partial charge on any atom is -0.496 e. The van der Waals surface area contributed by atoms with Crippen LogP contribution in [-0.2, 0) is 0 Å². The Morgan fingerprint density at radius 2 is 1.95 bits per heavy atom.